The van der Waals surface area contributed by atoms with Crippen LogP contribution in [0.15, 0.2) is 48.8 Å². The molecule has 0 aliphatic rings. The Morgan fingerprint density at radius 3 is 2.68 bits per heavy atom. The first-order valence-electron chi connectivity index (χ1n) is 6.09. The Kier molecular flexibility index (Phi) is 3.80. The van der Waals surface area contributed by atoms with Gasteiger partial charge in [-0.15, -0.1) is 0 Å². The van der Waals surface area contributed by atoms with Crippen molar-refractivity contribution < 1.29 is 4.79 Å². The highest BCUT2D eigenvalue weighted by atomic mass is 16.1. The molecule has 0 unspecified atom stereocenters. The molecule has 98 valence electrons. The average Bonchev–Trinajstić information content (AvgIpc) is 2.78. The monoisotopic (exact) mass is 255 g/mol. The second-order valence-electron chi connectivity index (χ2n) is 4.48. The van der Waals surface area contributed by atoms with E-state index in [0.717, 1.165) is 17.0 Å². The standard InChI is InChI=1S/C15H17N3O/c1-11(2)15(19)16-9-13-14(18(3)10-17-13)12-7-5-4-6-8-12/h4-8,10H,1,9H2,2-3H3,(H,16,19). The van der Waals surface area contributed by atoms with Crippen molar-refractivity contribution in [2.75, 3.05) is 0 Å². The van der Waals surface area contributed by atoms with E-state index in [4.69, 9.17) is 0 Å². The van der Waals surface area contributed by atoms with Gasteiger partial charge in [-0.3, -0.25) is 4.79 Å². The topological polar surface area (TPSA) is 46.9 Å². The Hall–Kier alpha value is -2.36. The molecule has 0 radical (unpaired) electrons. The molecule has 0 spiro atoms. The molecular formula is C15H17N3O. The molecule has 1 N–H and O–H groups in total. The molecule has 4 heteroatoms. The number of aryl methyl sites for hydroxylation is 1. The smallest absolute Gasteiger partial charge is 0.246 e. The summed E-state index contributed by atoms with van der Waals surface area (Å²) in [6.07, 6.45) is 1.75. The van der Waals surface area contributed by atoms with Gasteiger partial charge in [-0.2, -0.15) is 0 Å². The Labute approximate surface area is 112 Å². The van der Waals surface area contributed by atoms with Crippen molar-refractivity contribution in [3.63, 3.8) is 0 Å². The molecule has 1 amide bonds. The highest BCUT2D eigenvalue weighted by Gasteiger charge is 2.12. The number of carbonyl (C=O) groups excluding carboxylic acids is 1. The lowest BCUT2D eigenvalue weighted by molar-refractivity contribution is -0.117. The molecule has 2 rings (SSSR count). The average molecular weight is 255 g/mol. The lowest BCUT2D eigenvalue weighted by Crippen LogP contribution is -2.23. The lowest BCUT2D eigenvalue weighted by atomic mass is 10.1. The number of amides is 1. The summed E-state index contributed by atoms with van der Waals surface area (Å²) < 4.78 is 1.96. The van der Waals surface area contributed by atoms with E-state index in [0.29, 0.717) is 12.1 Å². The van der Waals surface area contributed by atoms with Crippen LogP contribution in [0, 0.1) is 0 Å². The van der Waals surface area contributed by atoms with Gasteiger partial charge in [0.2, 0.25) is 5.91 Å². The zero-order valence-corrected chi connectivity index (χ0v) is 11.2. The van der Waals surface area contributed by atoms with Crippen LogP contribution in [0.4, 0.5) is 0 Å². The summed E-state index contributed by atoms with van der Waals surface area (Å²) in [7, 11) is 1.94. The van der Waals surface area contributed by atoms with Gasteiger partial charge in [0.1, 0.15) is 0 Å². The van der Waals surface area contributed by atoms with Gasteiger partial charge in [0, 0.05) is 18.2 Å². The summed E-state index contributed by atoms with van der Waals surface area (Å²) in [5.74, 6) is -0.148. The van der Waals surface area contributed by atoms with E-state index in [1.807, 2.05) is 41.9 Å². The molecular weight excluding hydrogens is 238 g/mol. The fourth-order valence-corrected chi connectivity index (χ4v) is 1.89. The molecule has 0 saturated heterocycles. The largest absolute Gasteiger partial charge is 0.347 e. The second-order valence-corrected chi connectivity index (χ2v) is 4.48. The zero-order valence-electron chi connectivity index (χ0n) is 11.2. The summed E-state index contributed by atoms with van der Waals surface area (Å²) in [5.41, 5.74) is 3.45. The first-order valence-corrected chi connectivity index (χ1v) is 6.09. The highest BCUT2D eigenvalue weighted by molar-refractivity contribution is 5.92. The lowest BCUT2D eigenvalue weighted by Gasteiger charge is -2.07. The maximum Gasteiger partial charge on any atom is 0.246 e. The van der Waals surface area contributed by atoms with Gasteiger partial charge in [-0.25, -0.2) is 4.98 Å². The van der Waals surface area contributed by atoms with Gasteiger partial charge in [0.25, 0.3) is 0 Å². The minimum Gasteiger partial charge on any atom is -0.347 e. The molecule has 1 aromatic carbocycles. The first kappa shape index (κ1) is 13.1. The molecule has 2 aromatic rings. The van der Waals surface area contributed by atoms with E-state index in [1.165, 1.54) is 0 Å². The van der Waals surface area contributed by atoms with Crippen molar-refractivity contribution in [1.29, 1.82) is 0 Å². The van der Waals surface area contributed by atoms with Crippen molar-refractivity contribution in [2.24, 2.45) is 7.05 Å². The van der Waals surface area contributed by atoms with E-state index < -0.39 is 0 Å². The van der Waals surface area contributed by atoms with Gasteiger partial charge >= 0.3 is 0 Å². The number of hydrogen-bond donors (Lipinski definition) is 1. The van der Waals surface area contributed by atoms with E-state index in [9.17, 15) is 4.79 Å². The number of nitrogens with one attached hydrogen (secondary N) is 1. The van der Waals surface area contributed by atoms with Crippen LogP contribution >= 0.6 is 0 Å². The van der Waals surface area contributed by atoms with Gasteiger partial charge in [-0.1, -0.05) is 36.9 Å². The molecule has 0 saturated carbocycles. The third-order valence-corrected chi connectivity index (χ3v) is 2.86. The van der Waals surface area contributed by atoms with E-state index in [-0.39, 0.29) is 5.91 Å². The van der Waals surface area contributed by atoms with Crippen molar-refractivity contribution in [3.8, 4) is 11.3 Å². The Morgan fingerprint density at radius 1 is 1.37 bits per heavy atom. The van der Waals surface area contributed by atoms with Crippen LogP contribution in [0.25, 0.3) is 11.3 Å². The molecule has 4 nitrogen and oxygen atoms in total. The summed E-state index contributed by atoms with van der Waals surface area (Å²) in [4.78, 5) is 15.9. The maximum absolute atomic E-state index is 11.5. The number of hydrogen-bond acceptors (Lipinski definition) is 2. The van der Waals surface area contributed by atoms with Crippen LogP contribution in [-0.2, 0) is 18.4 Å². The van der Waals surface area contributed by atoms with Crippen LogP contribution in [-0.4, -0.2) is 15.5 Å². The van der Waals surface area contributed by atoms with Crippen LogP contribution in [0.5, 0.6) is 0 Å². The second kappa shape index (κ2) is 5.52. The van der Waals surface area contributed by atoms with Crippen molar-refractivity contribution in [2.45, 2.75) is 13.5 Å². The van der Waals surface area contributed by atoms with Crippen LogP contribution in [0.2, 0.25) is 0 Å². The SMILES string of the molecule is C=C(C)C(=O)NCc1ncn(C)c1-c1ccccc1. The fourth-order valence-electron chi connectivity index (χ4n) is 1.89. The Bertz CT molecular complexity index is 599. The quantitative estimate of drug-likeness (QED) is 0.852. The fraction of sp³-hybridized carbons (Fsp3) is 0.200. The number of aromatic nitrogens is 2. The highest BCUT2D eigenvalue weighted by Crippen LogP contribution is 2.22. The van der Waals surface area contributed by atoms with Gasteiger partial charge in [0.15, 0.2) is 0 Å². The van der Waals surface area contributed by atoms with E-state index in [2.05, 4.69) is 16.9 Å². The number of benzene rings is 1. The summed E-state index contributed by atoms with van der Waals surface area (Å²) in [6.45, 7) is 5.70. The van der Waals surface area contributed by atoms with E-state index >= 15 is 0 Å². The van der Waals surface area contributed by atoms with Gasteiger partial charge in [-0.05, 0) is 6.92 Å². The van der Waals surface area contributed by atoms with Crippen LogP contribution < -0.4 is 5.32 Å². The number of rotatable bonds is 4. The third-order valence-electron chi connectivity index (χ3n) is 2.86. The van der Waals surface area contributed by atoms with Crippen molar-refractivity contribution in [3.05, 3.63) is 54.5 Å². The van der Waals surface area contributed by atoms with Crippen LogP contribution in [0.3, 0.4) is 0 Å². The molecule has 19 heavy (non-hydrogen) atoms. The van der Waals surface area contributed by atoms with Gasteiger partial charge < -0.3 is 9.88 Å². The van der Waals surface area contributed by atoms with Crippen LogP contribution in [0.1, 0.15) is 12.6 Å². The summed E-state index contributed by atoms with van der Waals surface area (Å²) in [6, 6.07) is 10.0. The molecule has 1 heterocycles. The predicted octanol–water partition coefficient (Wildman–Crippen LogP) is 2.28. The molecule has 0 atom stereocenters. The summed E-state index contributed by atoms with van der Waals surface area (Å²) >= 11 is 0. The third kappa shape index (κ3) is 2.91. The molecule has 1 aromatic heterocycles. The normalized spacial score (nSPS) is 10.2. The predicted molar refractivity (Wildman–Crippen MR) is 75.3 cm³/mol. The van der Waals surface area contributed by atoms with Crippen molar-refractivity contribution >= 4 is 5.91 Å². The van der Waals surface area contributed by atoms with Gasteiger partial charge in [0.05, 0.1) is 24.3 Å². The number of carbonyl (C=O) groups is 1. The number of imidazole rings is 1. The molecule has 0 aliphatic heterocycles. The van der Waals surface area contributed by atoms with Crippen molar-refractivity contribution in [1.82, 2.24) is 14.9 Å². The minimum absolute atomic E-state index is 0.148. The molecule has 0 aliphatic carbocycles. The zero-order chi connectivity index (χ0) is 13.8. The molecule has 0 fully saturated rings. The Morgan fingerprint density at radius 2 is 2.05 bits per heavy atom. The molecule has 0 bridgehead atoms. The first-order chi connectivity index (χ1) is 9.09. The maximum atomic E-state index is 11.5. The number of nitrogens with zero attached hydrogens (tertiary/aromatic N) is 2. The summed E-state index contributed by atoms with van der Waals surface area (Å²) in [5, 5.41) is 2.81. The minimum atomic E-state index is -0.148. The van der Waals surface area contributed by atoms with E-state index in [1.54, 1.807) is 13.3 Å². The Balaban J connectivity index is 2.24.